The van der Waals surface area contributed by atoms with Gasteiger partial charge < -0.3 is 15.5 Å². The molecular weight excluding hydrogens is 449 g/mol. The van der Waals surface area contributed by atoms with E-state index in [9.17, 15) is 0 Å². The molecule has 0 bridgehead atoms. The summed E-state index contributed by atoms with van der Waals surface area (Å²) in [5.41, 5.74) is 0.141. The number of halogens is 1. The first-order valence-electron chi connectivity index (χ1n) is 10.9. The number of hydrogen-bond acceptors (Lipinski definition) is 3. The van der Waals surface area contributed by atoms with Gasteiger partial charge in [0, 0.05) is 31.2 Å². The Morgan fingerprint density at radius 3 is 2.41 bits per heavy atom. The average molecular weight is 494 g/mol. The molecule has 0 radical (unpaired) electrons. The van der Waals surface area contributed by atoms with E-state index < -0.39 is 0 Å². The van der Waals surface area contributed by atoms with Gasteiger partial charge in [-0.25, -0.2) is 0 Å². The van der Waals surface area contributed by atoms with Gasteiger partial charge in [-0.1, -0.05) is 6.42 Å². The van der Waals surface area contributed by atoms with E-state index in [0.717, 1.165) is 31.5 Å². The highest BCUT2D eigenvalue weighted by molar-refractivity contribution is 14.0. The van der Waals surface area contributed by atoms with E-state index in [-0.39, 0.29) is 29.5 Å². The summed E-state index contributed by atoms with van der Waals surface area (Å²) in [6.45, 7) is 19.2. The molecule has 27 heavy (non-hydrogen) atoms. The Labute approximate surface area is 185 Å². The largest absolute Gasteiger partial charge is 0.357 e. The highest BCUT2D eigenvalue weighted by Crippen LogP contribution is 2.21. The second-order valence-corrected chi connectivity index (χ2v) is 9.03. The molecule has 2 N–H and O–H groups in total. The number of guanidine groups is 1. The van der Waals surface area contributed by atoms with Crippen LogP contribution >= 0.6 is 24.0 Å². The van der Waals surface area contributed by atoms with Gasteiger partial charge in [-0.15, -0.1) is 24.0 Å². The van der Waals surface area contributed by atoms with Crippen LogP contribution in [0.2, 0.25) is 0 Å². The molecule has 0 aromatic carbocycles. The maximum absolute atomic E-state index is 4.94. The molecule has 5 nitrogen and oxygen atoms in total. The molecule has 0 saturated carbocycles. The monoisotopic (exact) mass is 493 g/mol. The number of hydrogen-bond donors (Lipinski definition) is 2. The highest BCUT2D eigenvalue weighted by atomic mass is 127. The molecule has 2 saturated heterocycles. The SMILES string of the molecule is CCNC(=NCC(C)(C)N1CCCCC1)NCC1CCCN(C(C)C)C1.I. The molecule has 6 heteroatoms. The second kappa shape index (κ2) is 12.5. The zero-order chi connectivity index (χ0) is 19.0. The lowest BCUT2D eigenvalue weighted by Crippen LogP contribution is -2.50. The first kappa shape index (κ1) is 25.0. The summed E-state index contributed by atoms with van der Waals surface area (Å²) in [6, 6.07) is 0.657. The van der Waals surface area contributed by atoms with E-state index in [1.54, 1.807) is 0 Å². The molecule has 0 aromatic heterocycles. The molecule has 0 aliphatic carbocycles. The minimum atomic E-state index is 0. The number of aliphatic imine (C=N–C) groups is 1. The van der Waals surface area contributed by atoms with Gasteiger partial charge >= 0.3 is 0 Å². The third-order valence-corrected chi connectivity index (χ3v) is 6.02. The molecule has 2 heterocycles. The fourth-order valence-corrected chi connectivity index (χ4v) is 4.19. The number of nitrogens with one attached hydrogen (secondary N) is 2. The number of rotatable bonds is 7. The van der Waals surface area contributed by atoms with Crippen molar-refractivity contribution in [2.75, 3.05) is 45.8 Å². The van der Waals surface area contributed by atoms with Crippen LogP contribution in [-0.2, 0) is 0 Å². The van der Waals surface area contributed by atoms with Crippen LogP contribution in [-0.4, -0.2) is 73.2 Å². The van der Waals surface area contributed by atoms with E-state index in [1.165, 1.54) is 58.3 Å². The Balaban J connectivity index is 0.00000364. The predicted molar refractivity (Wildman–Crippen MR) is 128 cm³/mol. The van der Waals surface area contributed by atoms with Gasteiger partial charge in [0.25, 0.3) is 0 Å². The van der Waals surface area contributed by atoms with Crippen molar-refractivity contribution >= 4 is 29.9 Å². The zero-order valence-electron chi connectivity index (χ0n) is 18.4. The lowest BCUT2D eigenvalue weighted by molar-refractivity contribution is 0.102. The van der Waals surface area contributed by atoms with Gasteiger partial charge in [-0.05, 0) is 85.9 Å². The van der Waals surface area contributed by atoms with Crippen molar-refractivity contribution < 1.29 is 0 Å². The van der Waals surface area contributed by atoms with Crippen LogP contribution < -0.4 is 10.6 Å². The first-order valence-corrected chi connectivity index (χ1v) is 10.9. The number of piperidine rings is 2. The van der Waals surface area contributed by atoms with Gasteiger partial charge in [0.05, 0.1) is 6.54 Å². The number of likely N-dealkylation sites (tertiary alicyclic amines) is 2. The molecule has 160 valence electrons. The molecule has 0 amide bonds. The zero-order valence-corrected chi connectivity index (χ0v) is 20.7. The van der Waals surface area contributed by atoms with E-state index in [4.69, 9.17) is 4.99 Å². The van der Waals surface area contributed by atoms with E-state index in [1.807, 2.05) is 0 Å². The van der Waals surface area contributed by atoms with Crippen molar-refractivity contribution in [3.63, 3.8) is 0 Å². The quantitative estimate of drug-likeness (QED) is 0.324. The van der Waals surface area contributed by atoms with Crippen LogP contribution in [0.1, 0.15) is 66.7 Å². The molecule has 2 rings (SSSR count). The molecule has 2 aliphatic rings. The molecular formula is C21H44IN5. The first-order chi connectivity index (χ1) is 12.4. The van der Waals surface area contributed by atoms with Crippen molar-refractivity contribution in [1.82, 2.24) is 20.4 Å². The fraction of sp³-hybridized carbons (Fsp3) is 0.952. The summed E-state index contributed by atoms with van der Waals surface area (Å²) in [7, 11) is 0. The molecule has 2 aliphatic heterocycles. The maximum atomic E-state index is 4.94. The summed E-state index contributed by atoms with van der Waals surface area (Å²) in [6.07, 6.45) is 6.70. The highest BCUT2D eigenvalue weighted by Gasteiger charge is 2.28. The molecule has 0 spiro atoms. The second-order valence-electron chi connectivity index (χ2n) is 9.03. The topological polar surface area (TPSA) is 42.9 Å². The van der Waals surface area contributed by atoms with Crippen LogP contribution in [0.4, 0.5) is 0 Å². The van der Waals surface area contributed by atoms with E-state index >= 15 is 0 Å². The summed E-state index contributed by atoms with van der Waals surface area (Å²) in [4.78, 5) is 10.2. The van der Waals surface area contributed by atoms with Gasteiger partial charge in [0.2, 0.25) is 0 Å². The van der Waals surface area contributed by atoms with Gasteiger partial charge in [0.15, 0.2) is 5.96 Å². The average Bonchev–Trinajstić information content (AvgIpc) is 2.65. The molecule has 2 fully saturated rings. The lowest BCUT2D eigenvalue weighted by Gasteiger charge is -2.40. The van der Waals surface area contributed by atoms with Crippen LogP contribution in [0.25, 0.3) is 0 Å². The van der Waals surface area contributed by atoms with Gasteiger partial charge in [0.1, 0.15) is 0 Å². The Bertz CT molecular complexity index is 432. The Hall–Kier alpha value is -0.0800. The summed E-state index contributed by atoms with van der Waals surface area (Å²) in [5, 5.41) is 7.06. The Morgan fingerprint density at radius 2 is 1.78 bits per heavy atom. The van der Waals surface area contributed by atoms with Crippen LogP contribution in [0.15, 0.2) is 4.99 Å². The van der Waals surface area contributed by atoms with Crippen molar-refractivity contribution in [2.45, 2.75) is 78.3 Å². The molecule has 1 unspecified atom stereocenters. The van der Waals surface area contributed by atoms with E-state index in [2.05, 4.69) is 55.1 Å². The summed E-state index contributed by atoms with van der Waals surface area (Å²) < 4.78 is 0. The molecule has 1 atom stereocenters. The van der Waals surface area contributed by atoms with Crippen molar-refractivity contribution in [1.29, 1.82) is 0 Å². The van der Waals surface area contributed by atoms with Crippen molar-refractivity contribution in [2.24, 2.45) is 10.9 Å². The molecule has 0 aromatic rings. The van der Waals surface area contributed by atoms with Crippen molar-refractivity contribution in [3.8, 4) is 0 Å². The van der Waals surface area contributed by atoms with Gasteiger partial charge in [-0.2, -0.15) is 0 Å². The lowest BCUT2D eigenvalue weighted by atomic mass is 9.97. The normalized spacial score (nSPS) is 23.2. The van der Waals surface area contributed by atoms with Crippen LogP contribution in [0, 0.1) is 5.92 Å². The smallest absolute Gasteiger partial charge is 0.191 e. The Morgan fingerprint density at radius 1 is 1.07 bits per heavy atom. The van der Waals surface area contributed by atoms with Gasteiger partial charge in [-0.3, -0.25) is 9.89 Å². The third-order valence-electron chi connectivity index (χ3n) is 6.02. The summed E-state index contributed by atoms with van der Waals surface area (Å²) in [5.74, 6) is 1.71. The standard InChI is InChI=1S/C21H43N5.HI/c1-6-22-20(23-15-19-11-10-12-25(16-19)18(2)3)24-17-21(4,5)26-13-8-7-9-14-26;/h18-19H,6-17H2,1-5H3,(H2,22,23,24);1H. The fourth-order valence-electron chi connectivity index (χ4n) is 4.19. The predicted octanol–water partition coefficient (Wildman–Crippen LogP) is 3.54. The maximum Gasteiger partial charge on any atom is 0.191 e. The van der Waals surface area contributed by atoms with E-state index in [0.29, 0.717) is 6.04 Å². The minimum absolute atomic E-state index is 0. The minimum Gasteiger partial charge on any atom is -0.357 e. The number of nitrogens with zero attached hydrogens (tertiary/aromatic N) is 3. The van der Waals surface area contributed by atoms with Crippen LogP contribution in [0.3, 0.4) is 0 Å². The summed E-state index contributed by atoms with van der Waals surface area (Å²) >= 11 is 0. The Kier molecular flexibility index (Phi) is 11.5. The van der Waals surface area contributed by atoms with Crippen LogP contribution in [0.5, 0.6) is 0 Å². The van der Waals surface area contributed by atoms with Crippen molar-refractivity contribution in [3.05, 3.63) is 0 Å². The third kappa shape index (κ3) is 8.44.